The SMILES string of the molecule is CC(=O)c1ccccc1-c1ccc2nc(CCc3ccc(OCC(F)(F)C(F)(F)F)cc3)[nH]c2c1. The first-order valence-electron chi connectivity index (χ1n) is 10.8. The Morgan fingerprint density at radius 1 is 0.943 bits per heavy atom. The largest absolute Gasteiger partial charge is 0.487 e. The maximum absolute atomic E-state index is 13.0. The average molecular weight is 488 g/mol. The standard InChI is InChI=1S/C26H21F5N2O2/c1-16(34)20-4-2-3-5-21(20)18-9-12-22-23(14-18)33-24(32-22)13-8-17-6-10-19(11-7-17)35-15-25(27,28)26(29,30)31/h2-7,9-12,14H,8,13,15H2,1H3,(H,32,33). The Morgan fingerprint density at radius 3 is 2.34 bits per heavy atom. The molecule has 0 amide bonds. The van der Waals surface area contributed by atoms with Crippen LogP contribution in [0.1, 0.15) is 28.7 Å². The van der Waals surface area contributed by atoms with Gasteiger partial charge in [0.15, 0.2) is 12.4 Å². The topological polar surface area (TPSA) is 55.0 Å². The quantitative estimate of drug-likeness (QED) is 0.219. The van der Waals surface area contributed by atoms with Gasteiger partial charge in [0, 0.05) is 12.0 Å². The van der Waals surface area contributed by atoms with E-state index in [0.717, 1.165) is 33.5 Å². The van der Waals surface area contributed by atoms with E-state index in [2.05, 4.69) is 14.7 Å². The van der Waals surface area contributed by atoms with Crippen molar-refractivity contribution in [2.75, 3.05) is 6.61 Å². The molecule has 0 aliphatic rings. The molecular weight excluding hydrogens is 467 g/mol. The minimum absolute atomic E-state index is 0.0171. The summed E-state index contributed by atoms with van der Waals surface area (Å²) in [6, 6.07) is 19.1. The summed E-state index contributed by atoms with van der Waals surface area (Å²) >= 11 is 0. The summed E-state index contributed by atoms with van der Waals surface area (Å²) < 4.78 is 67.3. The number of carbonyl (C=O) groups excluding carboxylic acids is 1. The Morgan fingerprint density at radius 2 is 1.66 bits per heavy atom. The molecule has 4 aromatic rings. The average Bonchev–Trinajstić information content (AvgIpc) is 3.23. The number of nitrogens with zero attached hydrogens (tertiary/aromatic N) is 1. The second kappa shape index (κ2) is 9.48. The van der Waals surface area contributed by atoms with Crippen molar-refractivity contribution in [1.29, 1.82) is 0 Å². The highest BCUT2D eigenvalue weighted by Gasteiger charge is 2.58. The lowest BCUT2D eigenvalue weighted by Crippen LogP contribution is -2.41. The maximum Gasteiger partial charge on any atom is 0.456 e. The van der Waals surface area contributed by atoms with Crippen LogP contribution in [0, 0.1) is 0 Å². The lowest BCUT2D eigenvalue weighted by atomic mass is 9.97. The van der Waals surface area contributed by atoms with Crippen molar-refractivity contribution in [2.45, 2.75) is 31.9 Å². The summed E-state index contributed by atoms with van der Waals surface area (Å²) in [5, 5.41) is 0. The molecule has 9 heteroatoms. The third kappa shape index (κ3) is 5.50. The number of halogens is 5. The maximum atomic E-state index is 13.0. The minimum Gasteiger partial charge on any atom is -0.487 e. The van der Waals surface area contributed by atoms with E-state index in [-0.39, 0.29) is 11.5 Å². The monoisotopic (exact) mass is 488 g/mol. The fourth-order valence-corrected chi connectivity index (χ4v) is 3.66. The van der Waals surface area contributed by atoms with Crippen LogP contribution in [0.4, 0.5) is 22.0 Å². The molecule has 0 saturated heterocycles. The van der Waals surface area contributed by atoms with Crippen molar-refractivity contribution in [3.8, 4) is 16.9 Å². The second-order valence-corrected chi connectivity index (χ2v) is 8.15. The molecule has 1 N–H and O–H groups in total. The molecule has 35 heavy (non-hydrogen) atoms. The summed E-state index contributed by atoms with van der Waals surface area (Å²) in [5.74, 6) is -4.26. The van der Waals surface area contributed by atoms with Crippen LogP contribution in [0.5, 0.6) is 5.75 Å². The third-order valence-corrected chi connectivity index (χ3v) is 5.56. The number of aromatic nitrogens is 2. The molecular formula is C26H21F5N2O2. The number of hydrogen-bond donors (Lipinski definition) is 1. The number of benzene rings is 3. The van der Waals surface area contributed by atoms with Crippen molar-refractivity contribution in [2.24, 2.45) is 0 Å². The van der Waals surface area contributed by atoms with Gasteiger partial charge in [0.05, 0.1) is 11.0 Å². The second-order valence-electron chi connectivity index (χ2n) is 8.15. The van der Waals surface area contributed by atoms with E-state index in [1.165, 1.54) is 19.1 Å². The molecule has 4 rings (SSSR count). The molecule has 3 aromatic carbocycles. The van der Waals surface area contributed by atoms with Gasteiger partial charge >= 0.3 is 12.1 Å². The number of imidazole rings is 1. The fraction of sp³-hybridized carbons (Fsp3) is 0.231. The van der Waals surface area contributed by atoms with E-state index in [1.54, 1.807) is 18.2 Å². The van der Waals surface area contributed by atoms with Gasteiger partial charge in [0.1, 0.15) is 11.6 Å². The van der Waals surface area contributed by atoms with Crippen LogP contribution in [0.3, 0.4) is 0 Å². The first-order valence-corrected chi connectivity index (χ1v) is 10.8. The Bertz CT molecular complexity index is 1340. The highest BCUT2D eigenvalue weighted by Crippen LogP contribution is 2.35. The van der Waals surface area contributed by atoms with Gasteiger partial charge in [-0.15, -0.1) is 0 Å². The molecule has 0 spiro atoms. The highest BCUT2D eigenvalue weighted by molar-refractivity contribution is 6.01. The summed E-state index contributed by atoms with van der Waals surface area (Å²) in [5.41, 5.74) is 4.82. The Kier molecular flexibility index (Phi) is 6.60. The number of aryl methyl sites for hydroxylation is 2. The molecule has 182 valence electrons. The first kappa shape index (κ1) is 24.4. The van der Waals surface area contributed by atoms with E-state index in [0.29, 0.717) is 18.4 Å². The Labute approximate surface area is 197 Å². The van der Waals surface area contributed by atoms with Crippen LogP contribution >= 0.6 is 0 Å². The van der Waals surface area contributed by atoms with E-state index in [9.17, 15) is 26.7 Å². The van der Waals surface area contributed by atoms with Gasteiger partial charge in [-0.3, -0.25) is 4.79 Å². The zero-order valence-corrected chi connectivity index (χ0v) is 18.6. The molecule has 0 bridgehead atoms. The predicted octanol–water partition coefficient (Wildman–Crippen LogP) is 6.79. The molecule has 0 fully saturated rings. The van der Waals surface area contributed by atoms with Gasteiger partial charge in [-0.05, 0) is 54.3 Å². The number of nitrogens with one attached hydrogen (secondary N) is 1. The van der Waals surface area contributed by atoms with Crippen molar-refractivity contribution >= 4 is 16.8 Å². The van der Waals surface area contributed by atoms with E-state index < -0.39 is 18.7 Å². The molecule has 0 aliphatic carbocycles. The molecule has 1 heterocycles. The fourth-order valence-electron chi connectivity index (χ4n) is 3.66. The minimum atomic E-state index is -5.66. The normalized spacial score (nSPS) is 12.2. The number of aromatic amines is 1. The summed E-state index contributed by atoms with van der Waals surface area (Å²) in [6.45, 7) is -0.240. The van der Waals surface area contributed by atoms with Gasteiger partial charge in [0.25, 0.3) is 0 Å². The summed E-state index contributed by atoms with van der Waals surface area (Å²) in [4.78, 5) is 19.8. The van der Waals surface area contributed by atoms with E-state index in [4.69, 9.17) is 0 Å². The van der Waals surface area contributed by atoms with Gasteiger partial charge in [-0.25, -0.2) is 4.98 Å². The van der Waals surface area contributed by atoms with Gasteiger partial charge < -0.3 is 9.72 Å². The first-order chi connectivity index (χ1) is 16.5. The number of rotatable bonds is 8. The van der Waals surface area contributed by atoms with Crippen molar-refractivity contribution < 1.29 is 31.5 Å². The number of carbonyl (C=O) groups is 1. The van der Waals surface area contributed by atoms with Crippen LogP contribution in [0.2, 0.25) is 0 Å². The van der Waals surface area contributed by atoms with Gasteiger partial charge in [-0.1, -0.05) is 42.5 Å². The lowest BCUT2D eigenvalue weighted by molar-refractivity contribution is -0.290. The van der Waals surface area contributed by atoms with Crippen LogP contribution in [-0.2, 0) is 12.8 Å². The summed E-state index contributed by atoms with van der Waals surface area (Å²) in [6.07, 6.45) is -4.53. The molecule has 0 radical (unpaired) electrons. The van der Waals surface area contributed by atoms with Crippen LogP contribution in [0.25, 0.3) is 22.2 Å². The van der Waals surface area contributed by atoms with Gasteiger partial charge in [-0.2, -0.15) is 22.0 Å². The van der Waals surface area contributed by atoms with Crippen molar-refractivity contribution in [3.05, 3.63) is 83.7 Å². The van der Waals surface area contributed by atoms with Crippen LogP contribution in [0.15, 0.2) is 66.7 Å². The molecule has 0 aliphatic heterocycles. The Balaban J connectivity index is 1.41. The molecule has 4 nitrogen and oxygen atoms in total. The number of ketones is 1. The van der Waals surface area contributed by atoms with E-state index in [1.807, 2.05) is 36.4 Å². The number of hydrogen-bond acceptors (Lipinski definition) is 3. The van der Waals surface area contributed by atoms with Crippen molar-refractivity contribution in [1.82, 2.24) is 9.97 Å². The highest BCUT2D eigenvalue weighted by atomic mass is 19.4. The predicted molar refractivity (Wildman–Crippen MR) is 122 cm³/mol. The Hall–Kier alpha value is -3.75. The molecule has 0 saturated carbocycles. The lowest BCUT2D eigenvalue weighted by Gasteiger charge is -2.19. The zero-order valence-electron chi connectivity index (χ0n) is 18.6. The zero-order chi connectivity index (χ0) is 25.2. The molecule has 1 aromatic heterocycles. The number of fused-ring (bicyclic) bond motifs is 1. The molecule has 0 unspecified atom stereocenters. The number of alkyl halides is 5. The van der Waals surface area contributed by atoms with Crippen molar-refractivity contribution in [3.63, 3.8) is 0 Å². The number of ether oxygens (including phenoxy) is 1. The number of H-pyrrole nitrogens is 1. The summed E-state index contributed by atoms with van der Waals surface area (Å²) in [7, 11) is 0. The van der Waals surface area contributed by atoms with Crippen LogP contribution < -0.4 is 4.74 Å². The third-order valence-electron chi connectivity index (χ3n) is 5.56. The van der Waals surface area contributed by atoms with Crippen LogP contribution in [-0.4, -0.2) is 34.5 Å². The molecule has 0 atom stereocenters. The number of Topliss-reactive ketones (excluding diaryl/α,β-unsaturated/α-hetero) is 1. The van der Waals surface area contributed by atoms with E-state index >= 15 is 0 Å². The van der Waals surface area contributed by atoms with Gasteiger partial charge in [0.2, 0.25) is 0 Å². The smallest absolute Gasteiger partial charge is 0.456 e.